The lowest BCUT2D eigenvalue weighted by Crippen LogP contribution is -2.45. The van der Waals surface area contributed by atoms with Crippen molar-refractivity contribution in [2.24, 2.45) is 5.92 Å². The summed E-state index contributed by atoms with van der Waals surface area (Å²) in [6.07, 6.45) is 1.28. The number of imide groups is 1. The third-order valence-electron chi connectivity index (χ3n) is 5.02. The summed E-state index contributed by atoms with van der Waals surface area (Å²) in [5, 5.41) is 2.92. The number of rotatable bonds is 6. The molecule has 2 saturated heterocycles. The van der Waals surface area contributed by atoms with Crippen LogP contribution in [0.2, 0.25) is 0 Å². The Hall–Kier alpha value is -2.46. The van der Waals surface area contributed by atoms with E-state index in [1.165, 1.54) is 4.31 Å². The highest BCUT2D eigenvalue weighted by Crippen LogP contribution is 2.22. The average Bonchev–Trinajstić information content (AvgIpc) is 2.99. The Morgan fingerprint density at radius 2 is 1.86 bits per heavy atom. The van der Waals surface area contributed by atoms with Gasteiger partial charge in [0.15, 0.2) is 6.61 Å². The molecule has 2 fully saturated rings. The Morgan fingerprint density at radius 3 is 2.39 bits per heavy atom. The van der Waals surface area contributed by atoms with Gasteiger partial charge in [-0.2, -0.15) is 0 Å². The molecule has 2 aliphatic rings. The predicted octanol–water partition coefficient (Wildman–Crippen LogP) is 0.494. The second-order valence-corrected chi connectivity index (χ2v) is 8.95. The fraction of sp³-hybridized carbons (Fsp3) is 0.500. The van der Waals surface area contributed by atoms with Gasteiger partial charge >= 0.3 is 6.09 Å². The van der Waals surface area contributed by atoms with Crippen LogP contribution in [-0.4, -0.2) is 68.0 Å². The van der Waals surface area contributed by atoms with Gasteiger partial charge in [-0.05, 0) is 18.4 Å². The highest BCUT2D eigenvalue weighted by atomic mass is 32.2. The summed E-state index contributed by atoms with van der Waals surface area (Å²) < 4.78 is 29.4. The number of hydrogen-bond donors (Lipinski definition) is 1. The average molecular weight is 409 g/mol. The Morgan fingerprint density at radius 1 is 1.21 bits per heavy atom. The minimum atomic E-state index is -3.26. The van der Waals surface area contributed by atoms with E-state index >= 15 is 0 Å². The van der Waals surface area contributed by atoms with Gasteiger partial charge < -0.3 is 10.1 Å². The van der Waals surface area contributed by atoms with Crippen LogP contribution < -0.4 is 5.32 Å². The van der Waals surface area contributed by atoms with E-state index in [-0.39, 0.29) is 25.0 Å². The summed E-state index contributed by atoms with van der Waals surface area (Å²) in [5.41, 5.74) is 0.761. The van der Waals surface area contributed by atoms with Crippen LogP contribution in [0.1, 0.15) is 24.4 Å². The Bertz CT molecular complexity index is 833. The van der Waals surface area contributed by atoms with Crippen LogP contribution in [0.25, 0.3) is 0 Å². The SMILES string of the molecule is CS(=O)(=O)N1CCC(C(=O)NC(CN2C(=O)COC2=O)c2ccccc2)CC1. The summed E-state index contributed by atoms with van der Waals surface area (Å²) >= 11 is 0. The maximum atomic E-state index is 12.8. The molecule has 1 N–H and O–H groups in total. The molecule has 2 aliphatic heterocycles. The lowest BCUT2D eigenvalue weighted by Gasteiger charge is -2.31. The smallest absolute Gasteiger partial charge is 0.417 e. The molecule has 28 heavy (non-hydrogen) atoms. The first kappa shape index (κ1) is 20.3. The number of benzene rings is 1. The van der Waals surface area contributed by atoms with Gasteiger partial charge in [-0.25, -0.2) is 22.4 Å². The van der Waals surface area contributed by atoms with Gasteiger partial charge in [0.05, 0.1) is 18.8 Å². The van der Waals surface area contributed by atoms with Crippen molar-refractivity contribution < 1.29 is 27.5 Å². The number of amides is 3. The second-order valence-electron chi connectivity index (χ2n) is 6.97. The third kappa shape index (κ3) is 4.68. The number of nitrogens with zero attached hydrogens (tertiary/aromatic N) is 2. The molecule has 3 amide bonds. The Kier molecular flexibility index (Phi) is 5.99. The minimum Gasteiger partial charge on any atom is -0.439 e. The highest BCUT2D eigenvalue weighted by molar-refractivity contribution is 7.88. The summed E-state index contributed by atoms with van der Waals surface area (Å²) in [7, 11) is -3.26. The molecule has 1 aromatic rings. The molecule has 0 aliphatic carbocycles. The van der Waals surface area contributed by atoms with E-state index in [9.17, 15) is 22.8 Å². The first-order chi connectivity index (χ1) is 13.3. The first-order valence-corrected chi connectivity index (χ1v) is 10.9. The van der Waals surface area contributed by atoms with Crippen molar-refractivity contribution in [1.82, 2.24) is 14.5 Å². The molecule has 1 unspecified atom stereocenters. The minimum absolute atomic E-state index is 0.0182. The fourth-order valence-electron chi connectivity index (χ4n) is 3.40. The van der Waals surface area contributed by atoms with Crippen molar-refractivity contribution in [2.45, 2.75) is 18.9 Å². The molecular formula is C18H23N3O6S. The maximum absolute atomic E-state index is 12.8. The predicted molar refractivity (Wildman–Crippen MR) is 99.5 cm³/mol. The summed E-state index contributed by atoms with van der Waals surface area (Å²) in [4.78, 5) is 37.4. The highest BCUT2D eigenvalue weighted by Gasteiger charge is 2.35. The molecular weight excluding hydrogens is 386 g/mol. The lowest BCUT2D eigenvalue weighted by molar-refractivity contribution is -0.129. The standard InChI is InChI=1S/C18H23N3O6S/c1-28(25,26)20-9-7-14(8-10-20)17(23)19-15(13-5-3-2-4-6-13)11-21-16(22)12-27-18(21)24/h2-6,14-15H,7-12H2,1H3,(H,19,23). The molecule has 152 valence electrons. The van der Waals surface area contributed by atoms with E-state index in [2.05, 4.69) is 5.32 Å². The van der Waals surface area contributed by atoms with Crippen molar-refractivity contribution >= 4 is 27.9 Å². The number of sulfonamides is 1. The summed E-state index contributed by atoms with van der Waals surface area (Å²) in [6, 6.07) is 8.49. The van der Waals surface area contributed by atoms with Crippen molar-refractivity contribution in [3.8, 4) is 0 Å². The van der Waals surface area contributed by atoms with Crippen LogP contribution in [-0.2, 0) is 24.3 Å². The van der Waals surface area contributed by atoms with Gasteiger partial charge in [0.1, 0.15) is 0 Å². The van der Waals surface area contributed by atoms with Crippen molar-refractivity contribution in [3.05, 3.63) is 35.9 Å². The Labute approximate surface area is 163 Å². The zero-order chi connectivity index (χ0) is 20.3. The van der Waals surface area contributed by atoms with E-state index in [0.29, 0.717) is 25.9 Å². The topological polar surface area (TPSA) is 113 Å². The van der Waals surface area contributed by atoms with Crippen LogP contribution >= 0.6 is 0 Å². The van der Waals surface area contributed by atoms with Gasteiger partial charge in [0.25, 0.3) is 5.91 Å². The molecule has 0 bridgehead atoms. The van der Waals surface area contributed by atoms with Crippen molar-refractivity contribution in [3.63, 3.8) is 0 Å². The second kappa shape index (κ2) is 8.27. The molecule has 10 heteroatoms. The van der Waals surface area contributed by atoms with E-state index < -0.39 is 28.1 Å². The largest absolute Gasteiger partial charge is 0.439 e. The molecule has 9 nitrogen and oxygen atoms in total. The third-order valence-corrected chi connectivity index (χ3v) is 6.32. The van der Waals surface area contributed by atoms with Gasteiger partial charge in [0, 0.05) is 19.0 Å². The monoisotopic (exact) mass is 409 g/mol. The molecule has 0 aromatic heterocycles. The van der Waals surface area contributed by atoms with Gasteiger partial charge in [0.2, 0.25) is 15.9 Å². The molecule has 1 aromatic carbocycles. The number of piperidine rings is 1. The molecule has 2 heterocycles. The number of cyclic esters (lactones) is 1. The van der Waals surface area contributed by atoms with Crippen LogP contribution in [0.3, 0.4) is 0 Å². The first-order valence-electron chi connectivity index (χ1n) is 9.03. The summed E-state index contributed by atoms with van der Waals surface area (Å²) in [6.45, 7) is 0.279. The van der Waals surface area contributed by atoms with Crippen LogP contribution in [0.15, 0.2) is 30.3 Å². The number of ether oxygens (including phenoxy) is 1. The van der Waals surface area contributed by atoms with Crippen molar-refractivity contribution in [1.29, 1.82) is 0 Å². The zero-order valence-corrected chi connectivity index (χ0v) is 16.4. The maximum Gasteiger partial charge on any atom is 0.417 e. The molecule has 0 saturated carbocycles. The van der Waals surface area contributed by atoms with Crippen LogP contribution in [0.5, 0.6) is 0 Å². The molecule has 0 spiro atoms. The van der Waals surface area contributed by atoms with E-state index in [4.69, 9.17) is 4.74 Å². The fourth-order valence-corrected chi connectivity index (χ4v) is 4.27. The van der Waals surface area contributed by atoms with Gasteiger partial charge in [-0.1, -0.05) is 30.3 Å². The van der Waals surface area contributed by atoms with Gasteiger partial charge in [-0.3, -0.25) is 9.59 Å². The lowest BCUT2D eigenvalue weighted by atomic mass is 9.96. The van der Waals surface area contributed by atoms with E-state index in [0.717, 1.165) is 16.7 Å². The van der Waals surface area contributed by atoms with E-state index in [1.807, 2.05) is 30.3 Å². The number of hydrogen-bond acceptors (Lipinski definition) is 6. The van der Waals surface area contributed by atoms with Gasteiger partial charge in [-0.15, -0.1) is 0 Å². The molecule has 3 rings (SSSR count). The molecule has 0 radical (unpaired) electrons. The zero-order valence-electron chi connectivity index (χ0n) is 15.5. The Balaban J connectivity index is 1.68. The van der Waals surface area contributed by atoms with Crippen LogP contribution in [0, 0.1) is 5.92 Å². The van der Waals surface area contributed by atoms with Crippen molar-refractivity contribution in [2.75, 3.05) is 32.5 Å². The normalized spacial score (nSPS) is 20.1. The number of nitrogens with one attached hydrogen (secondary N) is 1. The summed E-state index contributed by atoms with van der Waals surface area (Å²) in [5.74, 6) is -0.992. The molecule has 1 atom stereocenters. The number of carbonyl (C=O) groups excluding carboxylic acids is 3. The van der Waals surface area contributed by atoms with Crippen LogP contribution in [0.4, 0.5) is 4.79 Å². The number of carbonyl (C=O) groups is 3. The van der Waals surface area contributed by atoms with E-state index in [1.54, 1.807) is 0 Å². The quantitative estimate of drug-likeness (QED) is 0.732.